The summed E-state index contributed by atoms with van der Waals surface area (Å²) in [6.45, 7) is 36.5. The summed E-state index contributed by atoms with van der Waals surface area (Å²) in [6.07, 6.45) is 0. The number of benzene rings is 6. The Hall–Kier alpha value is -4.26. The average molecular weight is 1570 g/mol. The molecule has 24 nitrogen and oxygen atoms in total. The van der Waals surface area contributed by atoms with Gasteiger partial charge in [0.15, 0.2) is 0 Å². The Kier molecular flexibility index (Phi) is 28.7. The highest BCUT2D eigenvalue weighted by Gasteiger charge is 2.61. The third-order valence-electron chi connectivity index (χ3n) is 12.4. The molecule has 516 valence electrons. The quantitative estimate of drug-likeness (QED) is 0.0362. The first-order valence-corrected chi connectivity index (χ1v) is 55.1. The van der Waals surface area contributed by atoms with Crippen LogP contribution in [0.3, 0.4) is 0 Å². The van der Waals surface area contributed by atoms with Crippen molar-refractivity contribution in [3.8, 4) is 0 Å². The summed E-state index contributed by atoms with van der Waals surface area (Å²) < 4.78 is 169. The van der Waals surface area contributed by atoms with Crippen LogP contribution in [0.1, 0.15) is 0 Å². The molecule has 2 saturated heterocycles. The zero-order valence-electron chi connectivity index (χ0n) is 53.1. The fourth-order valence-corrected chi connectivity index (χ4v) is 50.1. The number of hydrogen-bond donors (Lipinski definition) is 4. The largest absolute Gasteiger partial charge is 0.421 e. The average Bonchev–Trinajstić information content (AvgIpc) is 0.731. The number of rotatable bonds is 22. The molecule has 2 heterocycles. The van der Waals surface area contributed by atoms with Gasteiger partial charge >= 0.3 is 112 Å². The summed E-state index contributed by atoms with van der Waals surface area (Å²) in [6, 6.07) is 52.9. The van der Waals surface area contributed by atoms with Crippen LogP contribution in [0.2, 0.25) is 39.3 Å². The van der Waals surface area contributed by atoms with Crippen LogP contribution in [0.5, 0.6) is 0 Å². The second-order valence-electron chi connectivity index (χ2n) is 21.2. The summed E-state index contributed by atoms with van der Waals surface area (Å²) in [7, 11) is -52.9. The normalized spacial score (nSPS) is 24.4. The molecule has 0 spiro atoms. The molecule has 4 unspecified atom stereocenters. The van der Waals surface area contributed by atoms with Crippen molar-refractivity contribution in [2.24, 2.45) is 0 Å². The Balaban J connectivity index is 0.000000249. The van der Waals surface area contributed by atoms with Crippen LogP contribution in [0.25, 0.3) is 0 Å². The molecule has 8 rings (SSSR count). The summed E-state index contributed by atoms with van der Waals surface area (Å²) in [5.41, 5.74) is 0. The van der Waals surface area contributed by atoms with E-state index in [0.29, 0.717) is 31.1 Å². The Labute approximate surface area is 566 Å². The lowest BCUT2D eigenvalue weighted by Crippen LogP contribution is -2.67. The van der Waals surface area contributed by atoms with Gasteiger partial charge in [-0.1, -0.05) is 235 Å². The molecule has 2 aliphatic heterocycles. The van der Waals surface area contributed by atoms with Crippen molar-refractivity contribution >= 4 is 143 Å². The van der Waals surface area contributed by atoms with Gasteiger partial charge in [-0.05, 0) is 70.4 Å². The van der Waals surface area contributed by atoms with Crippen molar-refractivity contribution in [3.05, 3.63) is 281 Å². The zero-order chi connectivity index (χ0) is 71.8. The molecule has 38 heteroatoms. The van der Waals surface area contributed by atoms with Gasteiger partial charge in [-0.2, -0.15) is 0 Å². The molecule has 6 aromatic rings. The topological polar surface area (TPSA) is 328 Å². The molecule has 4 atom stereocenters. The maximum atomic E-state index is 14.6. The van der Waals surface area contributed by atoms with E-state index in [2.05, 4.69) is 52.6 Å². The fourth-order valence-electron chi connectivity index (χ4n) is 8.64. The van der Waals surface area contributed by atoms with Crippen molar-refractivity contribution in [3.63, 3.8) is 0 Å². The van der Waals surface area contributed by atoms with Crippen LogP contribution in [0.4, 0.5) is 0 Å². The lowest BCUT2D eigenvalue weighted by atomic mass is 10.4. The van der Waals surface area contributed by atoms with E-state index >= 15 is 0 Å². The van der Waals surface area contributed by atoms with Gasteiger partial charge in [0.25, 0.3) is 0 Å². The molecule has 96 heavy (non-hydrogen) atoms. The predicted octanol–water partition coefficient (Wildman–Crippen LogP) is 14.7. The van der Waals surface area contributed by atoms with Crippen molar-refractivity contribution < 1.29 is 107 Å². The molecule has 6 aromatic carbocycles. The monoisotopic (exact) mass is 1570 g/mol. The Morgan fingerprint density at radius 2 is 0.531 bits per heavy atom. The van der Waals surface area contributed by atoms with E-state index in [-0.39, 0.29) is 0 Å². The molecule has 0 radical (unpaired) electrons. The summed E-state index contributed by atoms with van der Waals surface area (Å²) in [4.78, 5) is 38.3. The second kappa shape index (κ2) is 33.5. The van der Waals surface area contributed by atoms with Gasteiger partial charge < -0.3 is 70.1 Å². The molecule has 2 fully saturated rings. The minimum Gasteiger partial charge on any atom is -0.322 e. The molecule has 0 aliphatic carbocycles. The maximum absolute atomic E-state index is 14.6. The van der Waals surface area contributed by atoms with Crippen LogP contribution in [0, 0.1) is 0 Å². The Morgan fingerprint density at radius 3 is 0.729 bits per heavy atom. The summed E-state index contributed by atoms with van der Waals surface area (Å²) in [5, 5.41) is 3.11. The van der Waals surface area contributed by atoms with Gasteiger partial charge in [0.05, 0.1) is 0 Å². The first-order valence-electron chi connectivity index (χ1n) is 28.2. The number of hydrogen-bond acceptors (Lipinski definition) is 20. The maximum Gasteiger partial charge on any atom is 0.421 e. The predicted molar refractivity (Wildman–Crippen MR) is 390 cm³/mol. The smallest absolute Gasteiger partial charge is 0.322 e. The van der Waals surface area contributed by atoms with E-state index < -0.39 is 112 Å². The van der Waals surface area contributed by atoms with Gasteiger partial charge in [0.2, 0.25) is 0 Å². The van der Waals surface area contributed by atoms with Crippen LogP contribution in [-0.2, 0) is 87.1 Å². The highest BCUT2D eigenvalue weighted by molar-refractivity contribution is 7.66. The summed E-state index contributed by atoms with van der Waals surface area (Å²) >= 11 is 0. The molecular weight excluding hydrogens is 1500 g/mol. The lowest BCUT2D eigenvalue weighted by Gasteiger charge is -2.43. The summed E-state index contributed by atoms with van der Waals surface area (Å²) in [5.74, 6) is 7.58. The molecule has 0 bridgehead atoms. The molecule has 0 aromatic heterocycles. The van der Waals surface area contributed by atoms with E-state index in [4.69, 9.17) is 60.3 Å². The molecule has 4 N–H and O–H groups in total. The van der Waals surface area contributed by atoms with Crippen LogP contribution < -0.4 is 31.1 Å². The SMILES string of the molecule is C=CP(=O)(O)O[Si](C)(C)OP(=O)(O)C=C.C=CP(=O)(O)O[Si](OP(=O)(O)C=C)(c1ccccc1)c1ccccc1.C=CP1(=O)O[Si](C)(C)OP(=O)(C=C)O[Si](C)(C)O1.C=CP1(=O)O[Si](c2ccccc2)(c2ccccc2)OP(=O)(C=C)O[Si](c2ccccc2)(c2ccccc2)O1. The highest BCUT2D eigenvalue weighted by Crippen LogP contribution is 2.65. The molecule has 0 saturated carbocycles. The first-order chi connectivity index (χ1) is 44.6. The van der Waals surface area contributed by atoms with Gasteiger partial charge in [-0.15, -0.1) is 0 Å². The lowest BCUT2D eigenvalue weighted by molar-refractivity contribution is 0.270. The highest BCUT2D eigenvalue weighted by atomic mass is 31.2. The van der Waals surface area contributed by atoms with Crippen molar-refractivity contribution in [1.82, 2.24) is 0 Å². The minimum absolute atomic E-state index is 0.397. The second-order valence-corrected chi connectivity index (χ2v) is 57.3. The van der Waals surface area contributed by atoms with Gasteiger partial charge in [0, 0.05) is 46.5 Å². The first kappa shape index (κ1) is 82.4. The Morgan fingerprint density at radius 1 is 0.344 bits per heavy atom. The standard InChI is InChI=1S/C28H26O6P2Si2.C16H18O6P2Si.C8H18O6P2Si2.C6H14O6P2Si/c1-3-35(29)31-37(25-17-9-5-10-18-25,26-19-11-6-12-20-26)33-36(30,4-2)34-38(32-35,27-21-13-7-14-22-27)28-23-15-8-16-24-28;1-3-23(17,18)21-25(22-24(19,20)4-2,15-11-7-5-8-12-15)16-13-9-6-10-14-16;1-7-15(9)11-17(3,4)13-16(10,8-2)14-18(5,6)12-15;1-5-13(7,8)11-15(3,4)12-14(9,10)6-2/h3-24H,1-2H2;3-14H,1-2H2,(H,17,18)(H,19,20);7-8H,1-2H2,3-6H3;5-6H,1-2H2,3-4H3,(H,7,8)(H,9,10). The molecular formula is C58H76O24P8Si6. The van der Waals surface area contributed by atoms with Gasteiger partial charge in [-0.3, -0.25) is 36.5 Å². The van der Waals surface area contributed by atoms with E-state index in [9.17, 15) is 46.3 Å². The molecule has 0 amide bonds. The fraction of sp³-hybridized carbons (Fsp3) is 0.103. The van der Waals surface area contributed by atoms with Gasteiger partial charge in [0.1, 0.15) is 0 Å². The third kappa shape index (κ3) is 22.9. The Bertz CT molecular complexity index is 3760. The van der Waals surface area contributed by atoms with E-state index in [1.165, 1.54) is 24.7 Å². The van der Waals surface area contributed by atoms with Gasteiger partial charge in [-0.25, -0.2) is 0 Å². The van der Waals surface area contributed by atoms with Crippen LogP contribution in [-0.4, -0.2) is 70.9 Å². The molecule has 2 aliphatic rings. The van der Waals surface area contributed by atoms with E-state index in [1.54, 1.807) is 135 Å². The van der Waals surface area contributed by atoms with Crippen molar-refractivity contribution in [1.29, 1.82) is 0 Å². The van der Waals surface area contributed by atoms with Crippen LogP contribution in [0.15, 0.2) is 281 Å². The van der Waals surface area contributed by atoms with E-state index in [0.717, 1.165) is 34.9 Å². The zero-order valence-corrected chi connectivity index (χ0v) is 66.3. The van der Waals surface area contributed by atoms with Crippen LogP contribution >= 0.6 is 60.8 Å². The van der Waals surface area contributed by atoms with Crippen molar-refractivity contribution in [2.45, 2.75) is 39.3 Å². The van der Waals surface area contributed by atoms with Crippen molar-refractivity contribution in [2.75, 3.05) is 0 Å². The van der Waals surface area contributed by atoms with E-state index in [1.807, 2.05) is 72.8 Å². The minimum atomic E-state index is -4.29. The third-order valence-corrected chi connectivity index (χ3v) is 51.6.